The molecule has 0 radical (unpaired) electrons. The second-order valence-corrected chi connectivity index (χ2v) is 3.69. The zero-order valence-electron chi connectivity index (χ0n) is 9.99. The maximum absolute atomic E-state index is 11.8. The Bertz CT molecular complexity index is 384. The standard InChI is InChI=1S/C12H16O4/c1-5-15-12(14)8(3)11(13)10-6-7(2)9(4)16-10/h6,8H,5H2,1-4H3. The van der Waals surface area contributed by atoms with E-state index >= 15 is 0 Å². The monoisotopic (exact) mass is 224 g/mol. The van der Waals surface area contributed by atoms with Gasteiger partial charge >= 0.3 is 5.97 Å². The smallest absolute Gasteiger partial charge is 0.316 e. The minimum absolute atomic E-state index is 0.218. The summed E-state index contributed by atoms with van der Waals surface area (Å²) < 4.78 is 10.1. The quantitative estimate of drug-likeness (QED) is 0.447. The average Bonchev–Trinajstić information content (AvgIpc) is 2.57. The molecule has 4 nitrogen and oxygen atoms in total. The Hall–Kier alpha value is -1.58. The van der Waals surface area contributed by atoms with E-state index in [4.69, 9.17) is 9.15 Å². The van der Waals surface area contributed by atoms with Crippen molar-refractivity contribution in [1.29, 1.82) is 0 Å². The van der Waals surface area contributed by atoms with Crippen LogP contribution in [-0.2, 0) is 9.53 Å². The number of carbonyl (C=O) groups excluding carboxylic acids is 2. The summed E-state index contributed by atoms with van der Waals surface area (Å²) in [7, 11) is 0. The van der Waals surface area contributed by atoms with Crippen molar-refractivity contribution < 1.29 is 18.7 Å². The molecule has 0 saturated carbocycles. The third kappa shape index (κ3) is 2.51. The third-order valence-electron chi connectivity index (χ3n) is 2.44. The highest BCUT2D eigenvalue weighted by atomic mass is 16.5. The van der Waals surface area contributed by atoms with Gasteiger partial charge in [-0.25, -0.2) is 0 Å². The summed E-state index contributed by atoms with van der Waals surface area (Å²) in [6, 6.07) is 1.65. The minimum Gasteiger partial charge on any atom is -0.465 e. The molecule has 0 saturated heterocycles. The molecule has 1 unspecified atom stereocenters. The summed E-state index contributed by atoms with van der Waals surface area (Å²) in [6.45, 7) is 7.13. The van der Waals surface area contributed by atoms with Crippen LogP contribution in [0.1, 0.15) is 35.7 Å². The SMILES string of the molecule is CCOC(=O)C(C)C(=O)c1cc(C)c(C)o1. The van der Waals surface area contributed by atoms with Gasteiger partial charge in [0.2, 0.25) is 5.78 Å². The fourth-order valence-electron chi connectivity index (χ4n) is 1.28. The second kappa shape index (κ2) is 4.96. The summed E-state index contributed by atoms with van der Waals surface area (Å²) in [6.07, 6.45) is 0. The van der Waals surface area contributed by atoms with Gasteiger partial charge < -0.3 is 9.15 Å². The lowest BCUT2D eigenvalue weighted by atomic mass is 10.0. The van der Waals surface area contributed by atoms with E-state index in [1.54, 1.807) is 19.9 Å². The molecule has 88 valence electrons. The van der Waals surface area contributed by atoms with Crippen molar-refractivity contribution in [2.24, 2.45) is 5.92 Å². The maximum atomic E-state index is 11.8. The maximum Gasteiger partial charge on any atom is 0.316 e. The van der Waals surface area contributed by atoms with E-state index in [2.05, 4.69) is 0 Å². The molecule has 1 heterocycles. The lowest BCUT2D eigenvalue weighted by Gasteiger charge is -2.07. The van der Waals surface area contributed by atoms with Crippen LogP contribution >= 0.6 is 0 Å². The number of ketones is 1. The molecule has 1 aromatic rings. The molecule has 1 atom stereocenters. The Morgan fingerprint density at radius 3 is 2.50 bits per heavy atom. The minimum atomic E-state index is -0.815. The Morgan fingerprint density at radius 1 is 1.44 bits per heavy atom. The number of hydrogen-bond donors (Lipinski definition) is 0. The summed E-state index contributed by atoms with van der Waals surface area (Å²) in [5.74, 6) is -0.756. The van der Waals surface area contributed by atoms with Gasteiger partial charge in [0.15, 0.2) is 5.76 Å². The summed E-state index contributed by atoms with van der Waals surface area (Å²) >= 11 is 0. The van der Waals surface area contributed by atoms with E-state index in [0.29, 0.717) is 5.76 Å². The topological polar surface area (TPSA) is 56.5 Å². The van der Waals surface area contributed by atoms with Crippen LogP contribution in [0.25, 0.3) is 0 Å². The number of ether oxygens (including phenoxy) is 1. The molecular weight excluding hydrogens is 208 g/mol. The van der Waals surface area contributed by atoms with Crippen LogP contribution in [0.5, 0.6) is 0 Å². The van der Waals surface area contributed by atoms with E-state index in [1.807, 2.05) is 6.92 Å². The first-order valence-corrected chi connectivity index (χ1v) is 5.25. The molecule has 0 amide bonds. The van der Waals surface area contributed by atoms with E-state index in [9.17, 15) is 9.59 Å². The largest absolute Gasteiger partial charge is 0.465 e. The van der Waals surface area contributed by atoms with Gasteiger partial charge in [-0.05, 0) is 39.3 Å². The molecule has 0 aliphatic rings. The summed E-state index contributed by atoms with van der Waals surface area (Å²) in [5.41, 5.74) is 0.902. The van der Waals surface area contributed by atoms with E-state index < -0.39 is 11.9 Å². The highest BCUT2D eigenvalue weighted by Gasteiger charge is 2.26. The summed E-state index contributed by atoms with van der Waals surface area (Å²) in [5, 5.41) is 0. The number of carbonyl (C=O) groups is 2. The van der Waals surface area contributed by atoms with Gasteiger partial charge in [0.25, 0.3) is 0 Å². The van der Waals surface area contributed by atoms with Crippen LogP contribution < -0.4 is 0 Å². The highest BCUT2D eigenvalue weighted by molar-refractivity contribution is 6.06. The molecule has 0 fully saturated rings. The zero-order chi connectivity index (χ0) is 12.3. The Morgan fingerprint density at radius 2 is 2.06 bits per heavy atom. The van der Waals surface area contributed by atoms with Crippen molar-refractivity contribution in [3.63, 3.8) is 0 Å². The van der Waals surface area contributed by atoms with Crippen LogP contribution in [0, 0.1) is 19.8 Å². The Kier molecular flexibility index (Phi) is 3.88. The molecule has 0 spiro atoms. The average molecular weight is 224 g/mol. The van der Waals surface area contributed by atoms with Crippen molar-refractivity contribution in [3.05, 3.63) is 23.2 Å². The second-order valence-electron chi connectivity index (χ2n) is 3.69. The number of furan rings is 1. The lowest BCUT2D eigenvalue weighted by molar-refractivity contribution is -0.145. The van der Waals surface area contributed by atoms with Gasteiger partial charge in [0, 0.05) is 0 Å². The van der Waals surface area contributed by atoms with E-state index in [0.717, 1.165) is 5.56 Å². The molecule has 16 heavy (non-hydrogen) atoms. The molecule has 0 aliphatic heterocycles. The molecule has 1 aromatic heterocycles. The van der Waals surface area contributed by atoms with Gasteiger partial charge in [-0.1, -0.05) is 0 Å². The normalized spacial score (nSPS) is 12.2. The van der Waals surface area contributed by atoms with Crippen molar-refractivity contribution in [3.8, 4) is 0 Å². The number of hydrogen-bond acceptors (Lipinski definition) is 4. The lowest BCUT2D eigenvalue weighted by Crippen LogP contribution is -2.23. The zero-order valence-corrected chi connectivity index (χ0v) is 9.99. The number of rotatable bonds is 4. The van der Waals surface area contributed by atoms with Gasteiger partial charge in [0.05, 0.1) is 6.61 Å². The van der Waals surface area contributed by atoms with Crippen molar-refractivity contribution in [1.82, 2.24) is 0 Å². The van der Waals surface area contributed by atoms with Crippen molar-refractivity contribution in [2.75, 3.05) is 6.61 Å². The Balaban J connectivity index is 2.81. The fraction of sp³-hybridized carbons (Fsp3) is 0.500. The number of esters is 1. The fourth-order valence-corrected chi connectivity index (χ4v) is 1.28. The van der Waals surface area contributed by atoms with Crippen LogP contribution in [-0.4, -0.2) is 18.4 Å². The van der Waals surface area contributed by atoms with Crippen LogP contribution in [0.15, 0.2) is 10.5 Å². The molecule has 0 aromatic carbocycles. The van der Waals surface area contributed by atoms with Gasteiger partial charge in [-0.15, -0.1) is 0 Å². The van der Waals surface area contributed by atoms with E-state index in [-0.39, 0.29) is 18.2 Å². The van der Waals surface area contributed by atoms with Crippen LogP contribution in [0.2, 0.25) is 0 Å². The van der Waals surface area contributed by atoms with Crippen LogP contribution in [0.4, 0.5) is 0 Å². The molecule has 0 aliphatic carbocycles. The first kappa shape index (κ1) is 12.5. The van der Waals surface area contributed by atoms with Gasteiger partial charge in [-0.3, -0.25) is 9.59 Å². The molecular formula is C12H16O4. The van der Waals surface area contributed by atoms with Crippen molar-refractivity contribution in [2.45, 2.75) is 27.7 Å². The molecule has 0 N–H and O–H groups in total. The summed E-state index contributed by atoms with van der Waals surface area (Å²) in [4.78, 5) is 23.2. The van der Waals surface area contributed by atoms with Gasteiger partial charge in [0.1, 0.15) is 11.7 Å². The Labute approximate surface area is 94.6 Å². The van der Waals surface area contributed by atoms with Crippen molar-refractivity contribution >= 4 is 11.8 Å². The highest BCUT2D eigenvalue weighted by Crippen LogP contribution is 2.17. The molecule has 4 heteroatoms. The first-order valence-electron chi connectivity index (χ1n) is 5.25. The van der Waals surface area contributed by atoms with Gasteiger partial charge in [-0.2, -0.15) is 0 Å². The predicted molar refractivity (Wildman–Crippen MR) is 58.3 cm³/mol. The molecule has 0 bridgehead atoms. The predicted octanol–water partition coefficient (Wildman–Crippen LogP) is 2.28. The number of aryl methyl sites for hydroxylation is 2. The first-order chi connectivity index (χ1) is 7.47. The number of Topliss-reactive ketones (excluding diaryl/α,β-unsaturated/α-hetero) is 1. The van der Waals surface area contributed by atoms with Crippen LogP contribution in [0.3, 0.4) is 0 Å². The van der Waals surface area contributed by atoms with E-state index in [1.165, 1.54) is 6.92 Å². The third-order valence-corrected chi connectivity index (χ3v) is 2.44. The molecule has 1 rings (SSSR count).